The monoisotopic (exact) mass is 474 g/mol. The first-order valence-corrected chi connectivity index (χ1v) is 10.6. The number of halogens is 1. The fourth-order valence-corrected chi connectivity index (χ4v) is 4.08. The lowest BCUT2D eigenvalue weighted by molar-refractivity contribution is 0.121. The molecule has 0 aliphatic rings. The lowest BCUT2D eigenvalue weighted by Gasteiger charge is -2.17. The number of nitrogens with zero attached hydrogens (tertiary/aromatic N) is 6. The molecule has 0 aromatic carbocycles. The Kier molecular flexibility index (Phi) is 6.17. The highest BCUT2D eigenvalue weighted by molar-refractivity contribution is 7.18. The van der Waals surface area contributed by atoms with Gasteiger partial charge in [0.2, 0.25) is 11.7 Å². The average Bonchev–Trinajstić information content (AvgIpc) is 3.42. The van der Waals surface area contributed by atoms with Crippen LogP contribution in [0.15, 0.2) is 24.7 Å². The number of ether oxygens (including phenoxy) is 2. The number of methoxy groups -OCH3 is 2. The van der Waals surface area contributed by atoms with Gasteiger partial charge in [-0.05, 0) is 19.9 Å². The normalized spacial score (nSPS) is 12.0. The van der Waals surface area contributed by atoms with E-state index in [2.05, 4.69) is 35.8 Å². The van der Waals surface area contributed by atoms with Crippen LogP contribution in [0, 0.1) is 6.92 Å². The molecule has 0 fully saturated rings. The molecule has 2 amide bonds. The number of fused-ring (bicyclic) bond motifs is 1. The standard InChI is InChI=1S/C19H19ClN8O3S/c1-9(30-3)14-13(8-21-18-15(14)24-10(2)32-18)26-19(29)25-12-7-11(20)17(31-4)27-16(12)28-22-5-6-23-28/h5-9H,1-4H3,(H2,25,26,29). The van der Waals surface area contributed by atoms with Gasteiger partial charge in [0, 0.05) is 12.7 Å². The van der Waals surface area contributed by atoms with E-state index < -0.39 is 6.03 Å². The molecule has 166 valence electrons. The van der Waals surface area contributed by atoms with Crippen LogP contribution >= 0.6 is 22.9 Å². The van der Waals surface area contributed by atoms with Crippen molar-refractivity contribution in [2.45, 2.75) is 20.0 Å². The first-order valence-electron chi connectivity index (χ1n) is 9.39. The number of rotatable bonds is 6. The number of nitrogens with one attached hydrogen (secondary N) is 2. The third kappa shape index (κ3) is 4.20. The summed E-state index contributed by atoms with van der Waals surface area (Å²) in [5.41, 5.74) is 2.18. The molecule has 32 heavy (non-hydrogen) atoms. The largest absolute Gasteiger partial charge is 0.480 e. The van der Waals surface area contributed by atoms with Crippen molar-refractivity contribution >= 4 is 50.7 Å². The quantitative estimate of drug-likeness (QED) is 0.429. The highest BCUT2D eigenvalue weighted by Crippen LogP contribution is 2.34. The maximum atomic E-state index is 12.9. The summed E-state index contributed by atoms with van der Waals surface area (Å²) in [6.45, 7) is 3.78. The van der Waals surface area contributed by atoms with Crippen molar-refractivity contribution in [2.24, 2.45) is 0 Å². The molecule has 1 unspecified atom stereocenters. The lowest BCUT2D eigenvalue weighted by atomic mass is 10.1. The van der Waals surface area contributed by atoms with Gasteiger partial charge in [-0.3, -0.25) is 0 Å². The molecular formula is C19H19ClN8O3S. The Morgan fingerprint density at radius 1 is 1.19 bits per heavy atom. The minimum atomic E-state index is -0.543. The second-order valence-corrected chi connectivity index (χ2v) is 8.19. The molecule has 4 aromatic rings. The summed E-state index contributed by atoms with van der Waals surface area (Å²) in [6.07, 6.45) is 4.24. The van der Waals surface area contributed by atoms with Crippen LogP contribution in [0.25, 0.3) is 16.2 Å². The van der Waals surface area contributed by atoms with Gasteiger partial charge >= 0.3 is 6.03 Å². The van der Waals surface area contributed by atoms with Gasteiger partial charge in [0.15, 0.2) is 0 Å². The van der Waals surface area contributed by atoms with Gasteiger partial charge < -0.3 is 20.1 Å². The smallest absolute Gasteiger partial charge is 0.323 e. The zero-order chi connectivity index (χ0) is 22.8. The molecule has 1 atom stereocenters. The number of thiazole rings is 1. The van der Waals surface area contributed by atoms with E-state index in [0.717, 1.165) is 15.4 Å². The first kappa shape index (κ1) is 21.9. The SMILES string of the molecule is COc1nc(-n2nccn2)c(NC(=O)Nc2cnc3sc(C)nc3c2C(C)OC)cc1Cl. The summed E-state index contributed by atoms with van der Waals surface area (Å²) in [7, 11) is 3.03. The van der Waals surface area contributed by atoms with Crippen LogP contribution in [-0.2, 0) is 4.74 Å². The molecule has 2 N–H and O–H groups in total. The summed E-state index contributed by atoms with van der Waals surface area (Å²) in [5, 5.41) is 14.8. The Bertz CT molecular complexity index is 1280. The van der Waals surface area contributed by atoms with Crippen molar-refractivity contribution in [3.05, 3.63) is 40.3 Å². The number of hydrogen-bond acceptors (Lipinski definition) is 9. The summed E-state index contributed by atoms with van der Waals surface area (Å²) >= 11 is 7.69. The van der Waals surface area contributed by atoms with Crippen LogP contribution in [0.5, 0.6) is 5.88 Å². The summed E-state index contributed by atoms with van der Waals surface area (Å²) in [4.78, 5) is 28.2. The number of urea groups is 1. The van der Waals surface area contributed by atoms with Crippen LogP contribution in [0.4, 0.5) is 16.2 Å². The highest BCUT2D eigenvalue weighted by Gasteiger charge is 2.21. The van der Waals surface area contributed by atoms with Gasteiger partial charge in [-0.2, -0.15) is 15.2 Å². The molecule has 4 heterocycles. The van der Waals surface area contributed by atoms with E-state index in [1.54, 1.807) is 13.3 Å². The van der Waals surface area contributed by atoms with Crippen LogP contribution in [-0.4, -0.2) is 50.2 Å². The van der Waals surface area contributed by atoms with E-state index in [0.29, 0.717) is 11.2 Å². The predicted octanol–water partition coefficient (Wildman–Crippen LogP) is 3.99. The molecule has 0 aliphatic carbocycles. The number of aryl methyl sites for hydroxylation is 1. The van der Waals surface area contributed by atoms with Crippen molar-refractivity contribution in [1.29, 1.82) is 0 Å². The van der Waals surface area contributed by atoms with E-state index in [4.69, 9.17) is 21.1 Å². The maximum absolute atomic E-state index is 12.9. The van der Waals surface area contributed by atoms with Crippen molar-refractivity contribution in [3.8, 4) is 11.7 Å². The highest BCUT2D eigenvalue weighted by atomic mass is 35.5. The second kappa shape index (κ2) is 9.02. The van der Waals surface area contributed by atoms with E-state index in [1.807, 2.05) is 13.8 Å². The van der Waals surface area contributed by atoms with Gasteiger partial charge in [0.25, 0.3) is 0 Å². The molecule has 0 saturated heterocycles. The Hall–Kier alpha value is -3.35. The minimum Gasteiger partial charge on any atom is -0.480 e. The number of carbonyl (C=O) groups is 1. The van der Waals surface area contributed by atoms with Gasteiger partial charge in [-0.25, -0.2) is 14.8 Å². The van der Waals surface area contributed by atoms with E-state index in [9.17, 15) is 4.79 Å². The minimum absolute atomic E-state index is 0.176. The fourth-order valence-electron chi connectivity index (χ4n) is 3.08. The molecule has 11 nitrogen and oxygen atoms in total. The van der Waals surface area contributed by atoms with Gasteiger partial charge in [0.1, 0.15) is 15.4 Å². The third-order valence-corrected chi connectivity index (χ3v) is 5.70. The lowest BCUT2D eigenvalue weighted by Crippen LogP contribution is -2.22. The molecule has 0 radical (unpaired) electrons. The maximum Gasteiger partial charge on any atom is 0.323 e. The van der Waals surface area contributed by atoms with Crippen LogP contribution in [0.3, 0.4) is 0 Å². The topological polar surface area (TPSA) is 129 Å². The Morgan fingerprint density at radius 2 is 1.91 bits per heavy atom. The number of carbonyl (C=O) groups excluding carboxylic acids is 1. The number of pyridine rings is 2. The fraction of sp³-hybridized carbons (Fsp3) is 0.263. The predicted molar refractivity (Wildman–Crippen MR) is 121 cm³/mol. The Labute approximate surface area is 191 Å². The summed E-state index contributed by atoms with van der Waals surface area (Å²) < 4.78 is 10.7. The van der Waals surface area contributed by atoms with E-state index in [-0.39, 0.29) is 28.5 Å². The Morgan fingerprint density at radius 3 is 2.59 bits per heavy atom. The van der Waals surface area contributed by atoms with Gasteiger partial charge in [0.05, 0.1) is 48.2 Å². The third-order valence-electron chi connectivity index (χ3n) is 4.55. The van der Waals surface area contributed by atoms with Crippen molar-refractivity contribution < 1.29 is 14.3 Å². The summed E-state index contributed by atoms with van der Waals surface area (Å²) in [5.74, 6) is 0.412. The van der Waals surface area contributed by atoms with Crippen LogP contribution < -0.4 is 15.4 Å². The molecule has 13 heteroatoms. The van der Waals surface area contributed by atoms with Crippen LogP contribution in [0.2, 0.25) is 5.02 Å². The molecule has 4 rings (SSSR count). The Balaban J connectivity index is 1.68. The van der Waals surface area contributed by atoms with E-state index >= 15 is 0 Å². The number of amides is 2. The van der Waals surface area contributed by atoms with Crippen molar-refractivity contribution in [2.75, 3.05) is 24.9 Å². The number of aromatic nitrogens is 6. The van der Waals surface area contributed by atoms with E-state index in [1.165, 1.54) is 41.7 Å². The molecule has 0 bridgehead atoms. The molecule has 0 saturated carbocycles. The average molecular weight is 475 g/mol. The van der Waals surface area contributed by atoms with Gasteiger partial charge in [-0.1, -0.05) is 22.9 Å². The molecule has 0 spiro atoms. The van der Waals surface area contributed by atoms with Gasteiger partial charge in [-0.15, -0.1) is 4.80 Å². The second-order valence-electron chi connectivity index (χ2n) is 6.60. The first-order chi connectivity index (χ1) is 15.4. The van der Waals surface area contributed by atoms with Crippen molar-refractivity contribution in [3.63, 3.8) is 0 Å². The molecular weight excluding hydrogens is 456 g/mol. The number of hydrogen-bond donors (Lipinski definition) is 2. The molecule has 0 aliphatic heterocycles. The summed E-state index contributed by atoms with van der Waals surface area (Å²) in [6, 6.07) is 0.967. The van der Waals surface area contributed by atoms with Crippen LogP contribution in [0.1, 0.15) is 23.6 Å². The molecule has 4 aromatic heterocycles. The number of anilines is 2. The zero-order valence-corrected chi connectivity index (χ0v) is 19.2. The van der Waals surface area contributed by atoms with Crippen molar-refractivity contribution in [1.82, 2.24) is 29.9 Å². The zero-order valence-electron chi connectivity index (χ0n) is 17.6.